The van der Waals surface area contributed by atoms with Crippen LogP contribution in [0.5, 0.6) is 5.75 Å². The molecule has 1 aromatic rings. The largest absolute Gasteiger partial charge is 0.496 e. The fourth-order valence-corrected chi connectivity index (χ4v) is 3.05. The molecule has 0 saturated heterocycles. The molecular formula is C14H24N2O3S. The Morgan fingerprint density at radius 2 is 2.00 bits per heavy atom. The maximum Gasteiger partial charge on any atom is 0.240 e. The number of benzene rings is 1. The van der Waals surface area contributed by atoms with E-state index in [1.807, 2.05) is 0 Å². The van der Waals surface area contributed by atoms with Crippen LogP contribution in [0.2, 0.25) is 0 Å². The first-order valence-electron chi connectivity index (χ1n) is 6.91. The standard InChI is InChI=1S/C14H24N2O3S/c1-3-4-5-6-9-16-20(17,18)13-7-8-14(19-2)12(10-13)11-15/h7-8,10,16H,3-6,9,11,15H2,1-2H3. The number of rotatable bonds is 9. The van der Waals surface area contributed by atoms with Gasteiger partial charge in [-0.25, -0.2) is 13.1 Å². The third-order valence-electron chi connectivity index (χ3n) is 3.10. The predicted molar refractivity (Wildman–Crippen MR) is 80.2 cm³/mol. The molecule has 0 radical (unpaired) electrons. The van der Waals surface area contributed by atoms with Gasteiger partial charge in [0.05, 0.1) is 12.0 Å². The van der Waals surface area contributed by atoms with Gasteiger partial charge in [0.1, 0.15) is 5.75 Å². The van der Waals surface area contributed by atoms with Crippen LogP contribution in [0.3, 0.4) is 0 Å². The molecule has 0 fully saturated rings. The van der Waals surface area contributed by atoms with Crippen molar-refractivity contribution in [1.29, 1.82) is 0 Å². The Morgan fingerprint density at radius 1 is 1.25 bits per heavy atom. The zero-order valence-electron chi connectivity index (χ0n) is 12.2. The summed E-state index contributed by atoms with van der Waals surface area (Å²) in [5.41, 5.74) is 6.28. The van der Waals surface area contributed by atoms with Crippen LogP contribution >= 0.6 is 0 Å². The van der Waals surface area contributed by atoms with Crippen LogP contribution < -0.4 is 15.2 Å². The molecule has 3 N–H and O–H groups in total. The predicted octanol–water partition coefficient (Wildman–Crippen LogP) is 2.01. The van der Waals surface area contributed by atoms with E-state index >= 15 is 0 Å². The first kappa shape index (κ1) is 16.9. The van der Waals surface area contributed by atoms with E-state index in [4.69, 9.17) is 10.5 Å². The number of unbranched alkanes of at least 4 members (excludes halogenated alkanes) is 3. The lowest BCUT2D eigenvalue weighted by Crippen LogP contribution is -2.25. The van der Waals surface area contributed by atoms with Crippen LogP contribution in [0.1, 0.15) is 38.2 Å². The summed E-state index contributed by atoms with van der Waals surface area (Å²) in [4.78, 5) is 0.231. The van der Waals surface area contributed by atoms with Crippen molar-refractivity contribution in [3.63, 3.8) is 0 Å². The molecule has 0 heterocycles. The van der Waals surface area contributed by atoms with Gasteiger partial charge in [-0.3, -0.25) is 0 Å². The SMILES string of the molecule is CCCCCCNS(=O)(=O)c1ccc(OC)c(CN)c1. The lowest BCUT2D eigenvalue weighted by Gasteiger charge is -2.10. The van der Waals surface area contributed by atoms with Gasteiger partial charge >= 0.3 is 0 Å². The summed E-state index contributed by atoms with van der Waals surface area (Å²) >= 11 is 0. The molecule has 5 nitrogen and oxygen atoms in total. The van der Waals surface area contributed by atoms with Gasteiger partial charge < -0.3 is 10.5 Å². The molecule has 0 unspecified atom stereocenters. The summed E-state index contributed by atoms with van der Waals surface area (Å²) in [5.74, 6) is 0.606. The van der Waals surface area contributed by atoms with E-state index in [2.05, 4.69) is 11.6 Å². The lowest BCUT2D eigenvalue weighted by atomic mass is 10.2. The Balaban J connectivity index is 2.72. The van der Waals surface area contributed by atoms with Crippen LogP contribution in [0.15, 0.2) is 23.1 Å². The summed E-state index contributed by atoms with van der Waals surface area (Å²) in [5, 5.41) is 0. The third kappa shape index (κ3) is 4.77. The number of hydrogen-bond donors (Lipinski definition) is 2. The molecule has 0 aliphatic carbocycles. The quantitative estimate of drug-likeness (QED) is 0.684. The van der Waals surface area contributed by atoms with Gasteiger partial charge in [-0.15, -0.1) is 0 Å². The molecule has 0 aromatic heterocycles. The molecule has 0 bridgehead atoms. The molecule has 1 rings (SSSR count). The zero-order valence-corrected chi connectivity index (χ0v) is 13.0. The van der Waals surface area contributed by atoms with E-state index < -0.39 is 10.0 Å². The van der Waals surface area contributed by atoms with Gasteiger partial charge in [0.2, 0.25) is 10.0 Å². The second-order valence-electron chi connectivity index (χ2n) is 4.64. The number of sulfonamides is 1. The monoisotopic (exact) mass is 300 g/mol. The Bertz CT molecular complexity index is 515. The van der Waals surface area contributed by atoms with Crippen LogP contribution in [-0.2, 0) is 16.6 Å². The highest BCUT2D eigenvalue weighted by atomic mass is 32.2. The maximum absolute atomic E-state index is 12.1. The fraction of sp³-hybridized carbons (Fsp3) is 0.571. The van der Waals surface area contributed by atoms with Crippen molar-refractivity contribution in [1.82, 2.24) is 4.72 Å². The van der Waals surface area contributed by atoms with Gasteiger partial charge in [0.25, 0.3) is 0 Å². The molecule has 0 aliphatic rings. The summed E-state index contributed by atoms with van der Waals surface area (Å²) in [6.45, 7) is 2.82. The number of nitrogens with one attached hydrogen (secondary N) is 1. The highest BCUT2D eigenvalue weighted by Gasteiger charge is 2.15. The molecular weight excluding hydrogens is 276 g/mol. The Kier molecular flexibility index (Phi) is 6.98. The Morgan fingerprint density at radius 3 is 2.60 bits per heavy atom. The number of nitrogens with two attached hydrogens (primary N) is 1. The Hall–Kier alpha value is -1.11. The van der Waals surface area contributed by atoms with E-state index in [0.29, 0.717) is 17.9 Å². The van der Waals surface area contributed by atoms with Crippen LogP contribution in [0.4, 0.5) is 0 Å². The lowest BCUT2D eigenvalue weighted by molar-refractivity contribution is 0.409. The van der Waals surface area contributed by atoms with E-state index in [1.54, 1.807) is 12.1 Å². The molecule has 0 saturated carbocycles. The third-order valence-corrected chi connectivity index (χ3v) is 4.56. The average Bonchev–Trinajstić information content (AvgIpc) is 2.46. The van der Waals surface area contributed by atoms with Gasteiger partial charge in [-0.2, -0.15) is 0 Å². The molecule has 6 heteroatoms. The minimum Gasteiger partial charge on any atom is -0.496 e. The van der Waals surface area contributed by atoms with E-state index in [0.717, 1.165) is 25.7 Å². The zero-order chi connectivity index (χ0) is 15.0. The summed E-state index contributed by atoms with van der Waals surface area (Å²) in [6.07, 6.45) is 4.15. The smallest absolute Gasteiger partial charge is 0.240 e. The van der Waals surface area contributed by atoms with Crippen LogP contribution in [-0.4, -0.2) is 22.1 Å². The highest BCUT2D eigenvalue weighted by molar-refractivity contribution is 7.89. The number of hydrogen-bond acceptors (Lipinski definition) is 4. The van der Waals surface area contributed by atoms with Crippen molar-refractivity contribution in [2.45, 2.75) is 44.0 Å². The summed E-state index contributed by atoms with van der Waals surface area (Å²) in [7, 11) is -1.93. The first-order valence-corrected chi connectivity index (χ1v) is 8.40. The fourth-order valence-electron chi connectivity index (χ4n) is 1.92. The van der Waals surface area contributed by atoms with Gasteiger partial charge in [0.15, 0.2) is 0 Å². The van der Waals surface area contributed by atoms with E-state index in [9.17, 15) is 8.42 Å². The number of methoxy groups -OCH3 is 1. The van der Waals surface area contributed by atoms with Crippen molar-refractivity contribution in [2.75, 3.05) is 13.7 Å². The van der Waals surface area contributed by atoms with Crippen molar-refractivity contribution < 1.29 is 13.2 Å². The molecule has 0 atom stereocenters. The summed E-state index contributed by atoms with van der Waals surface area (Å²) in [6, 6.07) is 4.73. The van der Waals surface area contributed by atoms with E-state index in [-0.39, 0.29) is 11.4 Å². The Labute approximate surface area is 121 Å². The van der Waals surface area contributed by atoms with Crippen molar-refractivity contribution in [3.05, 3.63) is 23.8 Å². The summed E-state index contributed by atoms with van der Waals surface area (Å²) < 4.78 is 32.0. The van der Waals surface area contributed by atoms with Gasteiger partial charge in [-0.1, -0.05) is 26.2 Å². The van der Waals surface area contributed by atoms with Gasteiger partial charge in [0, 0.05) is 18.7 Å². The molecule has 1 aromatic carbocycles. The molecule has 0 aliphatic heterocycles. The first-order chi connectivity index (χ1) is 9.55. The van der Waals surface area contributed by atoms with Crippen molar-refractivity contribution in [3.8, 4) is 5.75 Å². The topological polar surface area (TPSA) is 81.4 Å². The van der Waals surface area contributed by atoms with E-state index in [1.165, 1.54) is 13.2 Å². The molecule has 20 heavy (non-hydrogen) atoms. The van der Waals surface area contributed by atoms with Crippen LogP contribution in [0, 0.1) is 0 Å². The second kappa shape index (κ2) is 8.24. The minimum atomic E-state index is -3.47. The van der Waals surface area contributed by atoms with Crippen molar-refractivity contribution in [2.24, 2.45) is 5.73 Å². The molecule has 0 spiro atoms. The molecule has 0 amide bonds. The minimum absolute atomic E-state index is 0.231. The maximum atomic E-state index is 12.1. The van der Waals surface area contributed by atoms with Gasteiger partial charge in [-0.05, 0) is 24.6 Å². The van der Waals surface area contributed by atoms with Crippen LogP contribution in [0.25, 0.3) is 0 Å². The van der Waals surface area contributed by atoms with Crippen molar-refractivity contribution >= 4 is 10.0 Å². The second-order valence-corrected chi connectivity index (χ2v) is 6.40. The normalized spacial score (nSPS) is 11.6. The highest BCUT2D eigenvalue weighted by Crippen LogP contribution is 2.21. The molecule has 114 valence electrons. The number of ether oxygens (including phenoxy) is 1. The average molecular weight is 300 g/mol.